The molecule has 0 aliphatic heterocycles. The highest BCUT2D eigenvalue weighted by atomic mass is 15.4. The van der Waals surface area contributed by atoms with Crippen LogP contribution in [0.2, 0.25) is 0 Å². The van der Waals surface area contributed by atoms with Gasteiger partial charge in [-0.3, -0.25) is 0 Å². The Morgan fingerprint density at radius 2 is 1.11 bits per heavy atom. The number of allylic oxidation sites excluding steroid dienone is 4. The highest BCUT2D eigenvalue weighted by Gasteiger charge is 2.31. The highest BCUT2D eigenvalue weighted by Crippen LogP contribution is 2.57. The lowest BCUT2D eigenvalue weighted by Crippen LogP contribution is -1.97. The third-order valence-electron chi connectivity index (χ3n) is 14.9. The van der Waals surface area contributed by atoms with Crippen LogP contribution in [0.3, 0.4) is 0 Å². The van der Waals surface area contributed by atoms with E-state index in [1.165, 1.54) is 137 Å². The first-order valence-corrected chi connectivity index (χ1v) is 22.1. The predicted molar refractivity (Wildman–Crippen MR) is 259 cm³/mol. The summed E-state index contributed by atoms with van der Waals surface area (Å²) in [4.78, 5) is 0. The summed E-state index contributed by atoms with van der Waals surface area (Å²) in [5, 5.41) is 25.1. The van der Waals surface area contributed by atoms with Gasteiger partial charge in [0.2, 0.25) is 0 Å². The van der Waals surface area contributed by atoms with Crippen LogP contribution in [0.1, 0.15) is 40.7 Å². The minimum Gasteiger partial charge on any atom is -0.212 e. The molecule has 0 spiro atoms. The number of hydrogen-bond acceptors (Lipinski definition) is 2. The van der Waals surface area contributed by atoms with Gasteiger partial charge in [-0.2, -0.15) is 0 Å². The summed E-state index contributed by atoms with van der Waals surface area (Å²) in [6.45, 7) is 2.27. The number of hydrogen-bond donors (Lipinski definition) is 0. The maximum Gasteiger partial charge on any atom is 0.113 e. The van der Waals surface area contributed by atoms with Crippen LogP contribution in [0.25, 0.3) is 120 Å². The van der Waals surface area contributed by atoms with Crippen LogP contribution in [0.5, 0.6) is 0 Å². The summed E-state index contributed by atoms with van der Waals surface area (Å²) in [5.74, 6) is 0. The van der Waals surface area contributed by atoms with E-state index < -0.39 is 0 Å². The van der Waals surface area contributed by atoms with Gasteiger partial charge in [0.1, 0.15) is 5.52 Å². The van der Waals surface area contributed by atoms with E-state index in [0.29, 0.717) is 0 Å². The van der Waals surface area contributed by atoms with Crippen molar-refractivity contribution in [2.24, 2.45) is 0 Å². The average molecular weight is 788 g/mol. The smallest absolute Gasteiger partial charge is 0.113 e. The summed E-state index contributed by atoms with van der Waals surface area (Å²) in [6, 6.07) is 55.4. The van der Waals surface area contributed by atoms with Gasteiger partial charge in [-0.15, -0.1) is 5.10 Å². The van der Waals surface area contributed by atoms with Crippen molar-refractivity contribution < 1.29 is 0 Å². The lowest BCUT2D eigenvalue weighted by Gasteiger charge is -2.17. The second-order valence-corrected chi connectivity index (χ2v) is 18.0. The van der Waals surface area contributed by atoms with Crippen LogP contribution >= 0.6 is 0 Å². The van der Waals surface area contributed by atoms with E-state index in [2.05, 4.69) is 158 Å². The van der Waals surface area contributed by atoms with Crippen molar-refractivity contribution in [2.75, 3.05) is 0 Å². The van der Waals surface area contributed by atoms with Crippen molar-refractivity contribution in [2.45, 2.75) is 32.6 Å². The molecule has 62 heavy (non-hydrogen) atoms. The number of aromatic nitrogens is 3. The zero-order valence-electron chi connectivity index (χ0n) is 34.2. The van der Waals surface area contributed by atoms with Gasteiger partial charge in [0.05, 0.1) is 11.2 Å². The Hall–Kier alpha value is -7.62. The third-order valence-corrected chi connectivity index (χ3v) is 14.9. The highest BCUT2D eigenvalue weighted by molar-refractivity contribution is 6.47. The summed E-state index contributed by atoms with van der Waals surface area (Å²) in [5.41, 5.74) is 20.9. The van der Waals surface area contributed by atoms with Crippen LogP contribution in [0.4, 0.5) is 0 Å². The summed E-state index contributed by atoms with van der Waals surface area (Å²) >= 11 is 0. The van der Waals surface area contributed by atoms with E-state index in [-0.39, 0.29) is 0 Å². The second kappa shape index (κ2) is 11.8. The van der Waals surface area contributed by atoms with Gasteiger partial charge in [0.15, 0.2) is 0 Å². The number of para-hydroxylation sites is 1. The lowest BCUT2D eigenvalue weighted by atomic mass is 9.85. The molecule has 0 amide bonds. The van der Waals surface area contributed by atoms with Crippen LogP contribution < -0.4 is 0 Å². The number of nitrogens with zero attached hydrogens (tertiary/aromatic N) is 3. The van der Waals surface area contributed by atoms with E-state index in [1.807, 2.05) is 16.8 Å². The fraction of sp³-hybridized carbons (Fsp3) is 0.0847. The standard InChI is InChI=1S/C59H37N3/c1-32-20-25-45-54-39(32)14-8-16-43(54)56-52(37-23-21-35-28-33-10-2-4-12-40(33)47(35)30-37)59-46-26-27-50(62-51-19-7-6-18-49(51)60-61-62)42-15-9-17-44(55(42)46)57(59)53(58(45)56)38-24-22-36-29-34-11-3-5-13-41(34)48(36)31-38/h2-3,5-11,13-27,30-31H,4,12,28-29H2,1H3. The zero-order chi connectivity index (χ0) is 40.4. The number of benzene rings is 9. The van der Waals surface area contributed by atoms with E-state index in [1.54, 1.807) is 0 Å². The molecule has 0 radical (unpaired) electrons. The van der Waals surface area contributed by atoms with Gasteiger partial charge in [-0.25, -0.2) is 4.68 Å². The Labute approximate surface area is 357 Å². The number of fused-ring (bicyclic) bond motifs is 12. The Bertz CT molecular complexity index is 4040. The molecule has 3 heteroatoms. The van der Waals surface area contributed by atoms with Gasteiger partial charge >= 0.3 is 0 Å². The van der Waals surface area contributed by atoms with Gasteiger partial charge in [0.25, 0.3) is 0 Å². The van der Waals surface area contributed by atoms with E-state index in [4.69, 9.17) is 5.21 Å². The van der Waals surface area contributed by atoms with Crippen LogP contribution in [-0.4, -0.2) is 15.0 Å². The maximum atomic E-state index is 4.75. The minimum atomic E-state index is 0.893. The van der Waals surface area contributed by atoms with E-state index in [0.717, 1.165) is 42.4 Å². The minimum absolute atomic E-state index is 0.893. The second-order valence-electron chi connectivity index (χ2n) is 18.0. The quantitative estimate of drug-likeness (QED) is 0.179. The van der Waals surface area contributed by atoms with Crippen molar-refractivity contribution in [3.8, 4) is 39.1 Å². The predicted octanol–water partition coefficient (Wildman–Crippen LogP) is 15.1. The van der Waals surface area contributed by atoms with Crippen molar-refractivity contribution in [3.05, 3.63) is 191 Å². The van der Waals surface area contributed by atoms with Crippen LogP contribution in [0.15, 0.2) is 163 Å². The van der Waals surface area contributed by atoms with Crippen molar-refractivity contribution in [1.82, 2.24) is 15.0 Å². The molecule has 0 N–H and O–H groups in total. The summed E-state index contributed by atoms with van der Waals surface area (Å²) in [7, 11) is 0. The molecule has 0 atom stereocenters. The number of aryl methyl sites for hydroxylation is 1. The van der Waals surface area contributed by atoms with Gasteiger partial charge in [-0.1, -0.05) is 133 Å². The van der Waals surface area contributed by atoms with Gasteiger partial charge < -0.3 is 0 Å². The maximum absolute atomic E-state index is 4.75. The first-order valence-electron chi connectivity index (χ1n) is 22.1. The lowest BCUT2D eigenvalue weighted by molar-refractivity contribution is 0.829. The van der Waals surface area contributed by atoms with Crippen molar-refractivity contribution in [1.29, 1.82) is 0 Å². The molecule has 3 aliphatic rings. The van der Waals surface area contributed by atoms with E-state index >= 15 is 0 Å². The Kier molecular flexibility index (Phi) is 6.31. The molecule has 0 unspecified atom stereocenters. The Morgan fingerprint density at radius 1 is 0.484 bits per heavy atom. The topological polar surface area (TPSA) is 30.7 Å². The van der Waals surface area contributed by atoms with Gasteiger partial charge in [-0.05, 0) is 195 Å². The summed E-state index contributed by atoms with van der Waals surface area (Å²) in [6.07, 6.45) is 8.94. The molecule has 15 rings (SSSR count). The molecule has 0 saturated carbocycles. The Balaban J connectivity index is 1.17. The molecular weight excluding hydrogens is 751 g/mol. The largest absolute Gasteiger partial charge is 0.212 e. The first-order chi connectivity index (χ1) is 30.7. The molecule has 1 aromatic heterocycles. The molecule has 0 saturated heterocycles. The van der Waals surface area contributed by atoms with Crippen molar-refractivity contribution in [3.63, 3.8) is 0 Å². The molecule has 3 nitrogen and oxygen atoms in total. The average Bonchev–Trinajstić information content (AvgIpc) is 4.14. The molecule has 11 aromatic carbocycles. The molecular formula is C59H37N3. The van der Waals surface area contributed by atoms with Crippen LogP contribution in [-0.2, 0) is 12.8 Å². The summed E-state index contributed by atoms with van der Waals surface area (Å²) < 4.78 is 2.03. The third kappa shape index (κ3) is 4.16. The van der Waals surface area contributed by atoms with Crippen LogP contribution in [0, 0.1) is 6.92 Å². The molecule has 0 bridgehead atoms. The molecule has 1 heterocycles. The SMILES string of the molecule is Cc1ccc2c3c(-c4ccc5c(c4)-c4ccccc4C5)c4c5cccc6c(-n7nnc8ccccc87)ccc(c4c(-c4ccc7c(c4)C4=C(C=CCC4)C7)c3c3cccc1c32)c65. The molecule has 3 aliphatic carbocycles. The Morgan fingerprint density at radius 3 is 1.92 bits per heavy atom. The van der Waals surface area contributed by atoms with E-state index in [9.17, 15) is 0 Å². The van der Waals surface area contributed by atoms with Crippen molar-refractivity contribution >= 4 is 81.2 Å². The van der Waals surface area contributed by atoms with Gasteiger partial charge in [0, 0.05) is 5.39 Å². The first kappa shape index (κ1) is 33.1. The normalized spacial score (nSPS) is 14.5. The fourth-order valence-electron chi connectivity index (χ4n) is 12.3. The molecule has 12 aromatic rings. The number of rotatable bonds is 3. The molecule has 288 valence electrons. The molecule has 0 fully saturated rings. The fourth-order valence-corrected chi connectivity index (χ4v) is 12.3. The zero-order valence-corrected chi connectivity index (χ0v) is 34.2. The monoisotopic (exact) mass is 787 g/mol.